The van der Waals surface area contributed by atoms with Gasteiger partial charge in [0.15, 0.2) is 0 Å². The molecule has 1 N–H and O–H groups in total. The van der Waals surface area contributed by atoms with Crippen LogP contribution in [-0.4, -0.2) is 12.5 Å². The van der Waals surface area contributed by atoms with Crippen LogP contribution >= 0.6 is 0 Å². The van der Waals surface area contributed by atoms with Crippen LogP contribution in [0.15, 0.2) is 24.3 Å². The van der Waals surface area contributed by atoms with Gasteiger partial charge in [-0.05, 0) is 31.2 Å². The molecular weight excluding hydrogens is 231 g/mol. The maximum atomic E-state index is 12.3. The van der Waals surface area contributed by atoms with Crippen molar-refractivity contribution in [2.75, 3.05) is 6.54 Å². The summed E-state index contributed by atoms with van der Waals surface area (Å²) in [5.41, 5.74) is -0.599. The second kappa shape index (κ2) is 5.39. The minimum absolute atomic E-state index is 0.177. The van der Waals surface area contributed by atoms with E-state index in [-0.39, 0.29) is 12.1 Å². The minimum Gasteiger partial charge on any atom is -0.341 e. The van der Waals surface area contributed by atoms with Gasteiger partial charge in [0.05, 0.1) is 12.1 Å². The monoisotopic (exact) mass is 241 g/mol. The Kier molecular flexibility index (Phi) is 4.16. The predicted molar refractivity (Wildman–Crippen MR) is 57.2 cm³/mol. The van der Waals surface area contributed by atoms with Crippen molar-refractivity contribution in [1.29, 1.82) is 0 Å². The summed E-state index contributed by atoms with van der Waals surface area (Å²) in [6.07, 6.45) is -4.39. The summed E-state index contributed by atoms with van der Waals surface area (Å²) in [4.78, 5) is 11.4. The highest BCUT2D eigenvalue weighted by atomic mass is 19.4. The average molecular weight is 241 g/mol. The van der Waals surface area contributed by atoms with Crippen LogP contribution in [0.25, 0.3) is 0 Å². The molecule has 0 spiro atoms. The van der Waals surface area contributed by atoms with E-state index in [1.54, 1.807) is 6.92 Å². The molecule has 0 aliphatic carbocycles. The maximum Gasteiger partial charge on any atom is 0.416 e. The number of alkyl halides is 3. The second-order valence-corrected chi connectivity index (χ2v) is 3.18. The Bertz CT molecular complexity index is 451. The summed E-state index contributed by atoms with van der Waals surface area (Å²) >= 11 is 0. The normalized spacial score (nSPS) is 10.4. The van der Waals surface area contributed by atoms with Crippen LogP contribution in [0.1, 0.15) is 22.8 Å². The van der Waals surface area contributed by atoms with Crippen LogP contribution in [-0.2, 0) is 6.18 Å². The van der Waals surface area contributed by atoms with Crippen molar-refractivity contribution >= 4 is 5.91 Å². The van der Waals surface area contributed by atoms with Crippen molar-refractivity contribution in [3.63, 3.8) is 0 Å². The number of carbonyl (C=O) groups excluding carboxylic acids is 1. The number of hydrogen-bond donors (Lipinski definition) is 1. The molecule has 17 heavy (non-hydrogen) atoms. The van der Waals surface area contributed by atoms with Gasteiger partial charge in [-0.2, -0.15) is 13.2 Å². The first-order valence-electron chi connectivity index (χ1n) is 4.80. The van der Waals surface area contributed by atoms with Crippen LogP contribution in [0.2, 0.25) is 0 Å². The number of hydrogen-bond acceptors (Lipinski definition) is 1. The van der Waals surface area contributed by atoms with Crippen molar-refractivity contribution in [2.24, 2.45) is 0 Å². The zero-order valence-electron chi connectivity index (χ0n) is 9.06. The molecule has 0 fully saturated rings. The summed E-state index contributed by atoms with van der Waals surface area (Å²) in [6, 6.07) is 4.02. The third kappa shape index (κ3) is 3.83. The number of amides is 1. The topological polar surface area (TPSA) is 29.1 Å². The van der Waals surface area contributed by atoms with Crippen molar-refractivity contribution < 1.29 is 18.0 Å². The molecule has 0 aromatic heterocycles. The number of benzene rings is 1. The van der Waals surface area contributed by atoms with Crippen molar-refractivity contribution in [3.05, 3.63) is 35.4 Å². The van der Waals surface area contributed by atoms with Gasteiger partial charge < -0.3 is 5.32 Å². The van der Waals surface area contributed by atoms with Crippen LogP contribution < -0.4 is 5.32 Å². The quantitative estimate of drug-likeness (QED) is 0.792. The van der Waals surface area contributed by atoms with Gasteiger partial charge in [-0.1, -0.05) is 5.92 Å². The molecule has 2 nitrogen and oxygen atoms in total. The molecule has 0 radical (unpaired) electrons. The van der Waals surface area contributed by atoms with Gasteiger partial charge >= 0.3 is 6.18 Å². The average Bonchev–Trinajstić information content (AvgIpc) is 2.28. The maximum absolute atomic E-state index is 12.3. The SMILES string of the molecule is CC#CCNC(=O)c1ccc(C(F)(F)F)cc1. The fraction of sp³-hybridized carbons (Fsp3) is 0.250. The third-order valence-electron chi connectivity index (χ3n) is 1.99. The largest absolute Gasteiger partial charge is 0.416 e. The van der Waals surface area contributed by atoms with E-state index in [4.69, 9.17) is 0 Å². The fourth-order valence-corrected chi connectivity index (χ4v) is 1.13. The molecule has 1 amide bonds. The molecule has 0 bridgehead atoms. The van der Waals surface area contributed by atoms with Crippen molar-refractivity contribution in [3.8, 4) is 11.8 Å². The number of halogens is 3. The van der Waals surface area contributed by atoms with E-state index < -0.39 is 17.6 Å². The summed E-state index contributed by atoms with van der Waals surface area (Å²) in [7, 11) is 0. The van der Waals surface area contributed by atoms with E-state index in [2.05, 4.69) is 17.2 Å². The Morgan fingerprint density at radius 2 is 1.88 bits per heavy atom. The third-order valence-corrected chi connectivity index (χ3v) is 1.99. The van der Waals surface area contributed by atoms with Crippen molar-refractivity contribution in [1.82, 2.24) is 5.32 Å². The van der Waals surface area contributed by atoms with Gasteiger partial charge in [-0.15, -0.1) is 5.92 Å². The molecule has 0 atom stereocenters. The first kappa shape index (κ1) is 13.1. The lowest BCUT2D eigenvalue weighted by Gasteiger charge is -2.07. The molecular formula is C12H10F3NO. The molecule has 0 heterocycles. The summed E-state index contributed by atoms with van der Waals surface area (Å²) in [6.45, 7) is 1.81. The highest BCUT2D eigenvalue weighted by molar-refractivity contribution is 5.94. The summed E-state index contributed by atoms with van der Waals surface area (Å²) in [5.74, 6) is 4.77. The standard InChI is InChI=1S/C12H10F3NO/c1-2-3-8-16-11(17)9-4-6-10(7-5-9)12(13,14)15/h4-7H,8H2,1H3,(H,16,17). The molecule has 1 aromatic rings. The molecule has 5 heteroatoms. The lowest BCUT2D eigenvalue weighted by molar-refractivity contribution is -0.137. The number of rotatable bonds is 2. The van der Waals surface area contributed by atoms with E-state index >= 15 is 0 Å². The summed E-state index contributed by atoms with van der Waals surface area (Å²) in [5, 5.41) is 2.46. The Balaban J connectivity index is 2.73. The Labute approximate surface area is 96.8 Å². The first-order valence-corrected chi connectivity index (χ1v) is 4.80. The molecule has 0 aliphatic heterocycles. The zero-order valence-corrected chi connectivity index (χ0v) is 9.06. The molecule has 0 aliphatic rings. The molecule has 0 saturated heterocycles. The van der Waals surface area contributed by atoms with Gasteiger partial charge in [-0.25, -0.2) is 0 Å². The van der Waals surface area contributed by atoms with E-state index in [0.717, 1.165) is 24.3 Å². The highest BCUT2D eigenvalue weighted by Crippen LogP contribution is 2.28. The molecule has 0 saturated carbocycles. The summed E-state index contributed by atoms with van der Waals surface area (Å²) < 4.78 is 36.8. The molecule has 90 valence electrons. The van der Waals surface area contributed by atoms with Gasteiger partial charge in [-0.3, -0.25) is 4.79 Å². The molecule has 1 aromatic carbocycles. The molecule has 1 rings (SSSR count). The Morgan fingerprint density at radius 3 is 2.35 bits per heavy atom. The molecule has 0 unspecified atom stereocenters. The van der Waals surface area contributed by atoms with Gasteiger partial charge in [0.2, 0.25) is 0 Å². The van der Waals surface area contributed by atoms with Crippen molar-refractivity contribution in [2.45, 2.75) is 13.1 Å². The van der Waals surface area contributed by atoms with Gasteiger partial charge in [0.25, 0.3) is 5.91 Å². The number of carbonyl (C=O) groups is 1. The van der Waals surface area contributed by atoms with E-state index in [1.165, 1.54) is 0 Å². The lowest BCUT2D eigenvalue weighted by atomic mass is 10.1. The van der Waals surface area contributed by atoms with E-state index in [0.29, 0.717) is 0 Å². The highest BCUT2D eigenvalue weighted by Gasteiger charge is 2.30. The predicted octanol–water partition coefficient (Wildman–Crippen LogP) is 2.46. The van der Waals surface area contributed by atoms with Gasteiger partial charge in [0.1, 0.15) is 0 Å². The first-order chi connectivity index (χ1) is 7.95. The van der Waals surface area contributed by atoms with E-state index in [1.807, 2.05) is 0 Å². The van der Waals surface area contributed by atoms with Gasteiger partial charge in [0, 0.05) is 5.56 Å². The Morgan fingerprint density at radius 1 is 1.29 bits per heavy atom. The lowest BCUT2D eigenvalue weighted by Crippen LogP contribution is -2.23. The smallest absolute Gasteiger partial charge is 0.341 e. The Hall–Kier alpha value is -1.96. The van der Waals surface area contributed by atoms with Crippen LogP contribution in [0.3, 0.4) is 0 Å². The van der Waals surface area contributed by atoms with E-state index in [9.17, 15) is 18.0 Å². The second-order valence-electron chi connectivity index (χ2n) is 3.18. The minimum atomic E-state index is -4.39. The number of nitrogens with one attached hydrogen (secondary N) is 1. The van der Waals surface area contributed by atoms with Crippen LogP contribution in [0, 0.1) is 11.8 Å². The zero-order chi connectivity index (χ0) is 12.9. The fourth-order valence-electron chi connectivity index (χ4n) is 1.13. The van der Waals surface area contributed by atoms with Crippen LogP contribution in [0.5, 0.6) is 0 Å². The van der Waals surface area contributed by atoms with Crippen LogP contribution in [0.4, 0.5) is 13.2 Å².